The lowest BCUT2D eigenvalue weighted by molar-refractivity contribution is 1.43. The molecule has 0 saturated heterocycles. The molecular formula is C14H10Cl2N2. The van der Waals surface area contributed by atoms with Crippen molar-refractivity contribution in [2.24, 2.45) is 0 Å². The Morgan fingerprint density at radius 2 is 1.83 bits per heavy atom. The summed E-state index contributed by atoms with van der Waals surface area (Å²) in [7, 11) is 0. The van der Waals surface area contributed by atoms with Gasteiger partial charge in [0.15, 0.2) is 0 Å². The Hall–Kier alpha value is -1.69. The number of hydrogen-bond acceptors (Lipinski definition) is 2. The first-order valence-electron chi connectivity index (χ1n) is 5.33. The number of anilines is 2. The van der Waals surface area contributed by atoms with Crippen molar-refractivity contribution >= 4 is 34.6 Å². The maximum Gasteiger partial charge on any atom is 0.103 e. The molecule has 90 valence electrons. The van der Waals surface area contributed by atoms with Gasteiger partial charge in [0.05, 0.1) is 27.0 Å². The van der Waals surface area contributed by atoms with Crippen LogP contribution >= 0.6 is 23.2 Å². The first-order chi connectivity index (χ1) is 8.61. The summed E-state index contributed by atoms with van der Waals surface area (Å²) >= 11 is 12.1. The van der Waals surface area contributed by atoms with E-state index in [1.165, 1.54) is 0 Å². The van der Waals surface area contributed by atoms with E-state index in [4.69, 9.17) is 28.5 Å². The minimum atomic E-state index is 0.414. The van der Waals surface area contributed by atoms with Crippen LogP contribution in [0.3, 0.4) is 0 Å². The number of nitrogens with zero attached hydrogens (tertiary/aromatic N) is 1. The molecule has 0 saturated carbocycles. The molecule has 2 aromatic carbocycles. The van der Waals surface area contributed by atoms with E-state index in [-0.39, 0.29) is 0 Å². The highest BCUT2D eigenvalue weighted by Gasteiger charge is 2.08. The van der Waals surface area contributed by atoms with Crippen LogP contribution in [-0.4, -0.2) is 0 Å². The highest BCUT2D eigenvalue weighted by molar-refractivity contribution is 6.33. The van der Waals surface area contributed by atoms with Crippen LogP contribution in [0.5, 0.6) is 0 Å². The van der Waals surface area contributed by atoms with E-state index in [9.17, 15) is 0 Å². The van der Waals surface area contributed by atoms with Gasteiger partial charge in [0.25, 0.3) is 0 Å². The summed E-state index contributed by atoms with van der Waals surface area (Å²) in [5.74, 6) is 0. The fraction of sp³-hybridized carbons (Fsp3) is 0.0714. The van der Waals surface area contributed by atoms with E-state index in [1.807, 2.05) is 25.1 Å². The molecule has 0 aliphatic carbocycles. The van der Waals surface area contributed by atoms with Crippen LogP contribution < -0.4 is 5.32 Å². The lowest BCUT2D eigenvalue weighted by Gasteiger charge is -2.11. The van der Waals surface area contributed by atoms with Crippen molar-refractivity contribution in [2.45, 2.75) is 6.92 Å². The summed E-state index contributed by atoms with van der Waals surface area (Å²) in [6, 6.07) is 13.0. The van der Waals surface area contributed by atoms with E-state index >= 15 is 0 Å². The second-order valence-corrected chi connectivity index (χ2v) is 4.70. The molecule has 0 bridgehead atoms. The van der Waals surface area contributed by atoms with E-state index in [2.05, 4.69) is 11.4 Å². The Morgan fingerprint density at radius 3 is 2.56 bits per heavy atom. The molecule has 0 aromatic heterocycles. The fourth-order valence-corrected chi connectivity index (χ4v) is 2.00. The van der Waals surface area contributed by atoms with Crippen LogP contribution in [-0.2, 0) is 0 Å². The van der Waals surface area contributed by atoms with Crippen molar-refractivity contribution in [1.82, 2.24) is 0 Å². The summed E-state index contributed by atoms with van der Waals surface area (Å²) in [5.41, 5.74) is 2.91. The lowest BCUT2D eigenvalue weighted by Crippen LogP contribution is -1.95. The van der Waals surface area contributed by atoms with Gasteiger partial charge in [-0.3, -0.25) is 0 Å². The average Bonchev–Trinajstić information content (AvgIpc) is 2.34. The number of halogens is 2. The van der Waals surface area contributed by atoms with Crippen molar-refractivity contribution in [3.63, 3.8) is 0 Å². The first kappa shape index (κ1) is 12.8. The van der Waals surface area contributed by atoms with E-state index in [1.54, 1.807) is 18.2 Å². The molecule has 18 heavy (non-hydrogen) atoms. The van der Waals surface area contributed by atoms with Crippen LogP contribution in [0.2, 0.25) is 10.0 Å². The normalized spacial score (nSPS) is 9.89. The van der Waals surface area contributed by atoms with Crippen molar-refractivity contribution in [3.8, 4) is 6.07 Å². The number of hydrogen-bond donors (Lipinski definition) is 1. The van der Waals surface area contributed by atoms with Gasteiger partial charge in [0.1, 0.15) is 6.07 Å². The molecule has 0 amide bonds. The molecule has 2 nitrogen and oxygen atoms in total. The molecule has 0 spiro atoms. The number of aryl methyl sites for hydroxylation is 1. The molecule has 4 heteroatoms. The van der Waals surface area contributed by atoms with Gasteiger partial charge in [-0.05, 0) is 36.8 Å². The SMILES string of the molecule is Cc1ccc(Cl)c(Nc2cccc(Cl)c2C#N)c1. The van der Waals surface area contributed by atoms with Crippen molar-refractivity contribution in [1.29, 1.82) is 5.26 Å². The monoisotopic (exact) mass is 276 g/mol. The van der Waals surface area contributed by atoms with Gasteiger partial charge < -0.3 is 5.32 Å². The van der Waals surface area contributed by atoms with Crippen LogP contribution in [0, 0.1) is 18.3 Å². The first-order valence-corrected chi connectivity index (χ1v) is 6.09. The molecule has 1 N–H and O–H groups in total. The average molecular weight is 277 g/mol. The third kappa shape index (κ3) is 2.59. The van der Waals surface area contributed by atoms with Crippen LogP contribution in [0.15, 0.2) is 36.4 Å². The molecule has 0 atom stereocenters. The largest absolute Gasteiger partial charge is 0.353 e. The fourth-order valence-electron chi connectivity index (χ4n) is 1.62. The van der Waals surface area contributed by atoms with Gasteiger partial charge in [-0.2, -0.15) is 5.26 Å². The van der Waals surface area contributed by atoms with Crippen LogP contribution in [0.4, 0.5) is 11.4 Å². The van der Waals surface area contributed by atoms with Gasteiger partial charge in [0.2, 0.25) is 0 Å². The molecule has 0 heterocycles. The predicted octanol–water partition coefficient (Wildman–Crippen LogP) is 4.92. The number of nitrogens with one attached hydrogen (secondary N) is 1. The number of rotatable bonds is 2. The zero-order valence-electron chi connectivity index (χ0n) is 9.67. The summed E-state index contributed by atoms with van der Waals surface area (Å²) in [4.78, 5) is 0. The van der Waals surface area contributed by atoms with Gasteiger partial charge in [-0.15, -0.1) is 0 Å². The second kappa shape index (κ2) is 5.30. The molecular weight excluding hydrogens is 267 g/mol. The van der Waals surface area contributed by atoms with Gasteiger partial charge in [0, 0.05) is 0 Å². The Bertz CT molecular complexity index is 630. The van der Waals surface area contributed by atoms with Gasteiger partial charge in [-0.1, -0.05) is 35.3 Å². The van der Waals surface area contributed by atoms with E-state index in [0.29, 0.717) is 21.3 Å². The molecule has 0 fully saturated rings. The minimum Gasteiger partial charge on any atom is -0.353 e. The molecule has 2 aromatic rings. The van der Waals surface area contributed by atoms with Gasteiger partial charge >= 0.3 is 0 Å². The maximum absolute atomic E-state index is 9.09. The molecule has 0 aliphatic rings. The van der Waals surface area contributed by atoms with Gasteiger partial charge in [-0.25, -0.2) is 0 Å². The Morgan fingerprint density at radius 1 is 1.06 bits per heavy atom. The smallest absolute Gasteiger partial charge is 0.103 e. The molecule has 2 rings (SSSR count). The van der Waals surface area contributed by atoms with Crippen molar-refractivity contribution < 1.29 is 0 Å². The molecule has 0 radical (unpaired) electrons. The highest BCUT2D eigenvalue weighted by atomic mass is 35.5. The summed E-state index contributed by atoms with van der Waals surface area (Å²) in [6.45, 7) is 1.98. The zero-order valence-corrected chi connectivity index (χ0v) is 11.2. The highest BCUT2D eigenvalue weighted by Crippen LogP contribution is 2.30. The third-order valence-electron chi connectivity index (χ3n) is 2.52. The standard InChI is InChI=1S/C14H10Cl2N2/c1-9-5-6-12(16)14(7-9)18-13-4-2-3-11(15)10(13)8-17/h2-7,18H,1H3. The minimum absolute atomic E-state index is 0.414. The maximum atomic E-state index is 9.09. The van der Waals surface area contributed by atoms with E-state index < -0.39 is 0 Å². The second-order valence-electron chi connectivity index (χ2n) is 3.88. The third-order valence-corrected chi connectivity index (χ3v) is 3.16. The number of nitriles is 1. The molecule has 0 aliphatic heterocycles. The van der Waals surface area contributed by atoms with Crippen molar-refractivity contribution in [2.75, 3.05) is 5.32 Å². The van der Waals surface area contributed by atoms with Crippen LogP contribution in [0.25, 0.3) is 0 Å². The summed E-state index contributed by atoms with van der Waals surface area (Å²) in [5, 5.41) is 13.3. The Kier molecular flexibility index (Phi) is 3.76. The molecule has 0 unspecified atom stereocenters. The van der Waals surface area contributed by atoms with Crippen molar-refractivity contribution in [3.05, 3.63) is 57.6 Å². The van der Waals surface area contributed by atoms with Crippen LogP contribution in [0.1, 0.15) is 11.1 Å². The lowest BCUT2D eigenvalue weighted by atomic mass is 10.1. The summed E-state index contributed by atoms with van der Waals surface area (Å²) in [6.07, 6.45) is 0. The summed E-state index contributed by atoms with van der Waals surface area (Å²) < 4.78 is 0. The predicted molar refractivity (Wildman–Crippen MR) is 75.6 cm³/mol. The zero-order chi connectivity index (χ0) is 13.1. The quantitative estimate of drug-likeness (QED) is 0.845. The Labute approximate surface area is 116 Å². The Balaban J connectivity index is 2.44. The van der Waals surface area contributed by atoms with E-state index in [0.717, 1.165) is 11.3 Å². The number of benzene rings is 2. The topological polar surface area (TPSA) is 35.8 Å².